The summed E-state index contributed by atoms with van der Waals surface area (Å²) < 4.78 is 35.9. The third-order valence-corrected chi connectivity index (χ3v) is 8.46. The maximum Gasteiger partial charge on any atom is 0.345 e. The second-order valence-corrected chi connectivity index (χ2v) is 11.6. The van der Waals surface area contributed by atoms with E-state index in [-0.39, 0.29) is 17.1 Å². The first-order chi connectivity index (χ1) is 19.2. The molecule has 40 heavy (non-hydrogen) atoms. The van der Waals surface area contributed by atoms with Crippen molar-refractivity contribution < 1.29 is 27.2 Å². The molecule has 2 aromatic carbocycles. The Kier molecular flexibility index (Phi) is 7.65. The number of nitrogens with zero attached hydrogens (tertiary/aromatic N) is 3. The van der Waals surface area contributed by atoms with Crippen LogP contribution in [-0.2, 0) is 24.2 Å². The number of hydrogen-bond donors (Lipinski definition) is 0. The Morgan fingerprint density at radius 2 is 1.90 bits per heavy atom. The van der Waals surface area contributed by atoms with Gasteiger partial charge in [-0.3, -0.25) is 4.79 Å². The number of carbonyl (C=O) groups is 2. The predicted octanol–water partition coefficient (Wildman–Crippen LogP) is 3.24. The van der Waals surface area contributed by atoms with E-state index in [2.05, 4.69) is 5.10 Å². The average Bonchev–Trinajstić information content (AvgIpc) is 3.54. The zero-order chi connectivity index (χ0) is 28.3. The van der Waals surface area contributed by atoms with Gasteiger partial charge in [-0.15, -0.1) is 0 Å². The number of para-hydroxylation sites is 2. The van der Waals surface area contributed by atoms with Crippen molar-refractivity contribution in [2.45, 2.75) is 19.4 Å². The van der Waals surface area contributed by atoms with Crippen LogP contribution in [0.25, 0.3) is 34.0 Å². The molecule has 0 spiro atoms. The van der Waals surface area contributed by atoms with E-state index in [0.29, 0.717) is 29.8 Å². The van der Waals surface area contributed by atoms with Crippen LogP contribution in [0.1, 0.15) is 18.9 Å². The Morgan fingerprint density at radius 3 is 2.62 bits per heavy atom. The van der Waals surface area contributed by atoms with Gasteiger partial charge in [0.15, 0.2) is 16.4 Å². The second kappa shape index (κ2) is 11.3. The molecule has 1 unspecified atom stereocenters. The topological polar surface area (TPSA) is 129 Å². The molecule has 206 valence electrons. The van der Waals surface area contributed by atoms with Crippen LogP contribution in [0.3, 0.4) is 0 Å². The van der Waals surface area contributed by atoms with Gasteiger partial charge in [0.05, 0.1) is 22.8 Å². The van der Waals surface area contributed by atoms with Crippen LogP contribution in [0.4, 0.5) is 0 Å². The van der Waals surface area contributed by atoms with E-state index in [1.165, 1.54) is 11.0 Å². The number of likely N-dealkylation sites (N-methyl/N-ethyl adjacent to an activating group) is 1. The van der Waals surface area contributed by atoms with Crippen LogP contribution in [-0.4, -0.2) is 65.7 Å². The minimum Gasteiger partial charge on any atom is -0.452 e. The van der Waals surface area contributed by atoms with E-state index in [9.17, 15) is 22.8 Å². The molecule has 10 nitrogen and oxygen atoms in total. The van der Waals surface area contributed by atoms with E-state index in [1.54, 1.807) is 36.0 Å². The van der Waals surface area contributed by atoms with Crippen molar-refractivity contribution in [1.29, 1.82) is 0 Å². The fraction of sp³-hybridized carbons (Fsp3) is 0.241. The number of hydrogen-bond acceptors (Lipinski definition) is 8. The molecule has 0 saturated carbocycles. The Labute approximate surface area is 230 Å². The first-order valence-electron chi connectivity index (χ1n) is 12.8. The summed E-state index contributed by atoms with van der Waals surface area (Å²) in [6, 6.07) is 17.7. The molecule has 3 heterocycles. The Hall–Kier alpha value is -4.51. The highest BCUT2D eigenvalue weighted by Crippen LogP contribution is 2.25. The number of esters is 1. The molecule has 0 aliphatic carbocycles. The summed E-state index contributed by atoms with van der Waals surface area (Å²) in [5, 5.41) is 5.32. The van der Waals surface area contributed by atoms with Gasteiger partial charge in [0, 0.05) is 35.8 Å². The largest absolute Gasteiger partial charge is 0.452 e. The fourth-order valence-corrected chi connectivity index (χ4v) is 6.47. The number of fused-ring (bicyclic) bond motifs is 1. The van der Waals surface area contributed by atoms with Gasteiger partial charge in [0.2, 0.25) is 0 Å². The number of ether oxygens (including phenoxy) is 1. The predicted molar refractivity (Wildman–Crippen MR) is 149 cm³/mol. The van der Waals surface area contributed by atoms with Gasteiger partial charge in [-0.2, -0.15) is 5.10 Å². The summed E-state index contributed by atoms with van der Waals surface area (Å²) >= 11 is 0. The Balaban J connectivity index is 1.38. The summed E-state index contributed by atoms with van der Waals surface area (Å²) in [6.45, 7) is 1.54. The normalized spacial score (nSPS) is 16.4. The third-order valence-electron chi connectivity index (χ3n) is 6.71. The summed E-state index contributed by atoms with van der Waals surface area (Å²) in [5.41, 5.74) is 1.61. The molecular formula is C29H27N3O7S. The molecule has 4 aromatic rings. The number of benzene rings is 2. The van der Waals surface area contributed by atoms with E-state index >= 15 is 0 Å². The standard InChI is InChI=1S/C29H27N3O7S/c1-2-31(23-14-15-40(36,37)19-23)26(33)18-38-27(34)13-12-21-17-32(22-9-4-3-5-10-22)30-28(21)24-16-20-8-6-7-11-25(20)39-29(24)35/h3-13,16-17,23H,2,14-15,18-19H2,1H3/b13-12+. The Bertz CT molecular complexity index is 1760. The lowest BCUT2D eigenvalue weighted by Gasteiger charge is -2.26. The molecule has 11 heteroatoms. The van der Waals surface area contributed by atoms with Crippen LogP contribution in [0.5, 0.6) is 0 Å². The first kappa shape index (κ1) is 27.1. The van der Waals surface area contributed by atoms with E-state index < -0.39 is 40.0 Å². The van der Waals surface area contributed by atoms with Crippen molar-refractivity contribution >= 4 is 38.8 Å². The van der Waals surface area contributed by atoms with Crippen molar-refractivity contribution in [3.63, 3.8) is 0 Å². The zero-order valence-electron chi connectivity index (χ0n) is 21.7. The zero-order valence-corrected chi connectivity index (χ0v) is 22.5. The number of carbonyl (C=O) groups excluding carboxylic acids is 2. The molecule has 1 atom stereocenters. The van der Waals surface area contributed by atoms with Crippen molar-refractivity contribution in [3.05, 3.63) is 88.9 Å². The number of amides is 1. The minimum atomic E-state index is -3.16. The number of aromatic nitrogens is 2. The molecule has 2 aromatic heterocycles. The molecule has 1 aliphatic heterocycles. The first-order valence-corrected chi connectivity index (χ1v) is 14.6. The molecular weight excluding hydrogens is 534 g/mol. The van der Waals surface area contributed by atoms with E-state index in [1.807, 2.05) is 42.5 Å². The quantitative estimate of drug-likeness (QED) is 0.182. The third kappa shape index (κ3) is 5.89. The molecule has 0 radical (unpaired) electrons. The van der Waals surface area contributed by atoms with Gasteiger partial charge in [-0.1, -0.05) is 36.4 Å². The highest BCUT2D eigenvalue weighted by molar-refractivity contribution is 7.91. The van der Waals surface area contributed by atoms with E-state index in [4.69, 9.17) is 9.15 Å². The van der Waals surface area contributed by atoms with Gasteiger partial charge in [-0.25, -0.2) is 22.7 Å². The van der Waals surface area contributed by atoms with Crippen LogP contribution in [0.2, 0.25) is 0 Å². The molecule has 1 fully saturated rings. The molecule has 1 amide bonds. The number of sulfone groups is 1. The van der Waals surface area contributed by atoms with Crippen molar-refractivity contribution in [2.75, 3.05) is 24.7 Å². The average molecular weight is 562 g/mol. The summed E-state index contributed by atoms with van der Waals surface area (Å²) in [6.07, 6.45) is 4.66. The highest BCUT2D eigenvalue weighted by Gasteiger charge is 2.34. The van der Waals surface area contributed by atoms with Gasteiger partial charge >= 0.3 is 11.6 Å². The van der Waals surface area contributed by atoms with Gasteiger partial charge in [-0.05, 0) is 43.7 Å². The van der Waals surface area contributed by atoms with Crippen molar-refractivity contribution in [1.82, 2.24) is 14.7 Å². The lowest BCUT2D eigenvalue weighted by molar-refractivity contribution is -0.149. The van der Waals surface area contributed by atoms with Crippen LogP contribution >= 0.6 is 0 Å². The molecule has 5 rings (SSSR count). The molecule has 0 bridgehead atoms. The lowest BCUT2D eigenvalue weighted by Crippen LogP contribution is -2.43. The maximum atomic E-state index is 12.9. The maximum absolute atomic E-state index is 12.9. The molecule has 0 N–H and O–H groups in total. The Morgan fingerprint density at radius 1 is 1.15 bits per heavy atom. The lowest BCUT2D eigenvalue weighted by atomic mass is 10.1. The summed E-state index contributed by atoms with van der Waals surface area (Å²) in [7, 11) is -3.16. The molecule has 1 aliphatic rings. The summed E-state index contributed by atoms with van der Waals surface area (Å²) in [4.78, 5) is 39.5. The van der Waals surface area contributed by atoms with Crippen molar-refractivity contribution in [2.24, 2.45) is 0 Å². The molecule has 1 saturated heterocycles. The smallest absolute Gasteiger partial charge is 0.345 e. The SMILES string of the molecule is CCN(C(=O)COC(=O)/C=C/c1cn(-c2ccccc2)nc1-c1cc2ccccc2oc1=O)C1CCS(=O)(=O)C1. The van der Waals surface area contributed by atoms with E-state index in [0.717, 1.165) is 17.1 Å². The monoisotopic (exact) mass is 561 g/mol. The van der Waals surface area contributed by atoms with Crippen LogP contribution in [0.15, 0.2) is 82.1 Å². The van der Waals surface area contributed by atoms with Gasteiger partial charge in [0.25, 0.3) is 5.91 Å². The van der Waals surface area contributed by atoms with Crippen LogP contribution in [0, 0.1) is 0 Å². The minimum absolute atomic E-state index is 0.0402. The van der Waals surface area contributed by atoms with Crippen LogP contribution < -0.4 is 5.63 Å². The number of rotatable bonds is 8. The highest BCUT2D eigenvalue weighted by atomic mass is 32.2. The van der Waals surface area contributed by atoms with Gasteiger partial charge < -0.3 is 14.1 Å². The van der Waals surface area contributed by atoms with Gasteiger partial charge in [0.1, 0.15) is 11.3 Å². The fourth-order valence-electron chi connectivity index (χ4n) is 4.74. The summed E-state index contributed by atoms with van der Waals surface area (Å²) in [5.74, 6) is -1.28. The second-order valence-electron chi connectivity index (χ2n) is 9.38. The van der Waals surface area contributed by atoms with Crippen molar-refractivity contribution in [3.8, 4) is 16.9 Å².